The van der Waals surface area contributed by atoms with Crippen LogP contribution in [0.4, 0.5) is 10.1 Å². The molecule has 1 aromatic rings. The van der Waals surface area contributed by atoms with Gasteiger partial charge in [-0.15, -0.1) is 0 Å². The van der Waals surface area contributed by atoms with Crippen LogP contribution >= 0.6 is 11.8 Å². The number of carbonyl (C=O) groups is 1. The summed E-state index contributed by atoms with van der Waals surface area (Å²) in [6.45, 7) is 5.05. The molecule has 1 saturated heterocycles. The van der Waals surface area contributed by atoms with Crippen molar-refractivity contribution in [2.24, 2.45) is 0 Å². The zero-order valence-corrected chi connectivity index (χ0v) is 12.1. The van der Waals surface area contributed by atoms with Gasteiger partial charge in [0.25, 0.3) is 11.6 Å². The summed E-state index contributed by atoms with van der Waals surface area (Å²) in [5.74, 6) is -0.439. The molecule has 2 rings (SSSR count). The fraction of sp³-hybridized carbons (Fsp3) is 0.462. The highest BCUT2D eigenvalue weighted by molar-refractivity contribution is 8.00. The minimum Gasteiger partial charge on any atom is -0.336 e. The number of nitro groups is 1. The third kappa shape index (κ3) is 3.09. The van der Waals surface area contributed by atoms with E-state index in [4.69, 9.17) is 0 Å². The van der Waals surface area contributed by atoms with Crippen LogP contribution in [-0.4, -0.2) is 39.3 Å². The molecule has 1 heterocycles. The summed E-state index contributed by atoms with van der Waals surface area (Å²) in [5.41, 5.74) is -0.512. The molecule has 0 spiro atoms. The first-order valence-corrected chi connectivity index (χ1v) is 7.16. The van der Waals surface area contributed by atoms with Crippen LogP contribution in [0.3, 0.4) is 0 Å². The monoisotopic (exact) mass is 298 g/mol. The van der Waals surface area contributed by atoms with Crippen molar-refractivity contribution >= 4 is 23.4 Å². The van der Waals surface area contributed by atoms with Crippen molar-refractivity contribution in [3.63, 3.8) is 0 Å². The molecular weight excluding hydrogens is 283 g/mol. The van der Waals surface area contributed by atoms with Crippen LogP contribution < -0.4 is 0 Å². The molecule has 7 heteroatoms. The molecule has 0 saturated carbocycles. The van der Waals surface area contributed by atoms with Crippen molar-refractivity contribution < 1.29 is 14.1 Å². The van der Waals surface area contributed by atoms with E-state index in [9.17, 15) is 19.3 Å². The van der Waals surface area contributed by atoms with Crippen LogP contribution in [0.15, 0.2) is 18.2 Å². The predicted molar refractivity (Wildman–Crippen MR) is 75.5 cm³/mol. The number of rotatable bonds is 2. The number of halogens is 1. The van der Waals surface area contributed by atoms with Gasteiger partial charge in [-0.25, -0.2) is 4.39 Å². The van der Waals surface area contributed by atoms with Crippen molar-refractivity contribution in [1.82, 2.24) is 4.90 Å². The van der Waals surface area contributed by atoms with Crippen LogP contribution in [0.2, 0.25) is 0 Å². The molecule has 108 valence electrons. The summed E-state index contributed by atoms with van der Waals surface area (Å²) in [7, 11) is 0. The lowest BCUT2D eigenvalue weighted by atomic mass is 10.1. The van der Waals surface area contributed by atoms with Gasteiger partial charge in [0.05, 0.1) is 10.5 Å². The number of nitro benzene ring substituents is 1. The van der Waals surface area contributed by atoms with Gasteiger partial charge in [0.1, 0.15) is 5.82 Å². The van der Waals surface area contributed by atoms with Crippen molar-refractivity contribution in [3.8, 4) is 0 Å². The first kappa shape index (κ1) is 14.8. The van der Waals surface area contributed by atoms with E-state index in [2.05, 4.69) is 0 Å². The Kier molecular flexibility index (Phi) is 3.99. The topological polar surface area (TPSA) is 63.5 Å². The summed E-state index contributed by atoms with van der Waals surface area (Å²) in [5, 5.41) is 10.7. The molecule has 0 unspecified atom stereocenters. The van der Waals surface area contributed by atoms with Gasteiger partial charge in [-0.1, -0.05) is 0 Å². The SMILES string of the molecule is CC1(C)CN(C(=O)c2cc([N+](=O)[O-])ccc2F)CCS1. The Balaban J connectivity index is 2.29. The van der Waals surface area contributed by atoms with E-state index < -0.39 is 16.6 Å². The lowest BCUT2D eigenvalue weighted by Crippen LogP contribution is -2.46. The number of non-ortho nitro benzene ring substituents is 1. The average Bonchev–Trinajstić information content (AvgIpc) is 2.37. The second-order valence-corrected chi connectivity index (χ2v) is 7.06. The number of nitrogens with zero attached hydrogens (tertiary/aromatic N) is 2. The second-order valence-electron chi connectivity index (χ2n) is 5.26. The van der Waals surface area contributed by atoms with E-state index in [1.165, 1.54) is 0 Å². The van der Waals surface area contributed by atoms with Gasteiger partial charge in [0.2, 0.25) is 0 Å². The molecule has 5 nitrogen and oxygen atoms in total. The zero-order valence-electron chi connectivity index (χ0n) is 11.3. The molecule has 1 fully saturated rings. The highest BCUT2D eigenvalue weighted by atomic mass is 32.2. The number of amides is 1. The van der Waals surface area contributed by atoms with Gasteiger partial charge in [-0.3, -0.25) is 14.9 Å². The average molecular weight is 298 g/mol. The van der Waals surface area contributed by atoms with E-state index >= 15 is 0 Å². The van der Waals surface area contributed by atoms with E-state index in [-0.39, 0.29) is 16.0 Å². The maximum Gasteiger partial charge on any atom is 0.270 e. The van der Waals surface area contributed by atoms with Gasteiger partial charge >= 0.3 is 0 Å². The van der Waals surface area contributed by atoms with Crippen molar-refractivity contribution in [1.29, 1.82) is 0 Å². The molecular formula is C13H15FN2O3S. The van der Waals surface area contributed by atoms with Crippen molar-refractivity contribution in [2.75, 3.05) is 18.8 Å². The fourth-order valence-corrected chi connectivity index (χ4v) is 3.26. The maximum atomic E-state index is 13.8. The molecule has 1 amide bonds. The van der Waals surface area contributed by atoms with E-state index in [1.807, 2.05) is 13.8 Å². The molecule has 1 aliphatic rings. The maximum absolute atomic E-state index is 13.8. The molecule has 0 N–H and O–H groups in total. The lowest BCUT2D eigenvalue weighted by molar-refractivity contribution is -0.384. The van der Waals surface area contributed by atoms with Gasteiger partial charge in [0.15, 0.2) is 0 Å². The Labute approximate surface area is 120 Å². The second kappa shape index (κ2) is 5.40. The smallest absolute Gasteiger partial charge is 0.270 e. The Morgan fingerprint density at radius 1 is 1.50 bits per heavy atom. The van der Waals surface area contributed by atoms with Crippen LogP contribution in [-0.2, 0) is 0 Å². The normalized spacial score (nSPS) is 17.9. The third-order valence-corrected chi connectivity index (χ3v) is 4.40. The quantitative estimate of drug-likeness (QED) is 0.622. The number of hydrogen-bond acceptors (Lipinski definition) is 4. The minimum atomic E-state index is -0.725. The van der Waals surface area contributed by atoms with Gasteiger partial charge in [-0.2, -0.15) is 11.8 Å². The molecule has 0 bridgehead atoms. The van der Waals surface area contributed by atoms with Crippen LogP contribution in [0.5, 0.6) is 0 Å². The molecule has 20 heavy (non-hydrogen) atoms. The summed E-state index contributed by atoms with van der Waals surface area (Å²) in [6, 6.07) is 3.03. The minimum absolute atomic E-state index is 0.0922. The summed E-state index contributed by atoms with van der Waals surface area (Å²) >= 11 is 1.75. The Bertz CT molecular complexity index is 563. The van der Waals surface area contributed by atoms with E-state index in [0.29, 0.717) is 13.1 Å². The molecule has 0 aliphatic carbocycles. The summed E-state index contributed by atoms with van der Waals surface area (Å²) in [4.78, 5) is 24.0. The van der Waals surface area contributed by atoms with E-state index in [0.717, 1.165) is 24.0 Å². The van der Waals surface area contributed by atoms with Gasteiger partial charge in [0, 0.05) is 35.7 Å². The van der Waals surface area contributed by atoms with Gasteiger partial charge < -0.3 is 4.90 Å². The lowest BCUT2D eigenvalue weighted by Gasteiger charge is -2.37. The molecule has 1 aliphatic heterocycles. The standard InChI is InChI=1S/C13H15FN2O3S/c1-13(2)8-15(5-6-20-13)12(17)10-7-9(16(18)19)3-4-11(10)14/h3-4,7H,5-6,8H2,1-2H3. The van der Waals surface area contributed by atoms with Crippen LogP contribution in [0.25, 0.3) is 0 Å². The predicted octanol–water partition coefficient (Wildman–Crippen LogP) is 2.70. The Morgan fingerprint density at radius 2 is 2.20 bits per heavy atom. The third-order valence-electron chi connectivity index (χ3n) is 3.10. The summed E-state index contributed by atoms with van der Waals surface area (Å²) < 4.78 is 13.7. The van der Waals surface area contributed by atoms with Gasteiger partial charge in [-0.05, 0) is 19.9 Å². The van der Waals surface area contributed by atoms with E-state index in [1.54, 1.807) is 16.7 Å². The molecule has 0 aromatic heterocycles. The first-order chi connectivity index (χ1) is 9.30. The number of thioether (sulfide) groups is 1. The molecule has 0 atom stereocenters. The van der Waals surface area contributed by atoms with Crippen molar-refractivity contribution in [2.45, 2.75) is 18.6 Å². The Hall–Kier alpha value is -1.63. The highest BCUT2D eigenvalue weighted by Gasteiger charge is 2.31. The molecule has 0 radical (unpaired) electrons. The largest absolute Gasteiger partial charge is 0.336 e. The fourth-order valence-electron chi connectivity index (χ4n) is 2.15. The highest BCUT2D eigenvalue weighted by Crippen LogP contribution is 2.30. The summed E-state index contributed by atoms with van der Waals surface area (Å²) in [6.07, 6.45) is 0. The Morgan fingerprint density at radius 3 is 2.80 bits per heavy atom. The van der Waals surface area contributed by atoms with Crippen LogP contribution in [0, 0.1) is 15.9 Å². The number of carbonyl (C=O) groups excluding carboxylic acids is 1. The number of benzene rings is 1. The van der Waals surface area contributed by atoms with Crippen molar-refractivity contribution in [3.05, 3.63) is 39.7 Å². The first-order valence-electron chi connectivity index (χ1n) is 6.17. The molecule has 1 aromatic carbocycles. The van der Waals surface area contributed by atoms with Crippen LogP contribution in [0.1, 0.15) is 24.2 Å². The zero-order chi connectivity index (χ0) is 14.9. The number of hydrogen-bond donors (Lipinski definition) is 0.